The maximum atomic E-state index is 10.4. The third-order valence-corrected chi connectivity index (χ3v) is 5.37. The molecule has 1 fully saturated rings. The molecule has 0 aliphatic carbocycles. The van der Waals surface area contributed by atoms with Gasteiger partial charge in [-0.2, -0.15) is 0 Å². The quantitative estimate of drug-likeness (QED) is 0.926. The fraction of sp³-hybridized carbons (Fsp3) is 0.667. The van der Waals surface area contributed by atoms with Crippen LogP contribution in [-0.4, -0.2) is 37.1 Å². The molecule has 0 saturated carbocycles. The highest BCUT2D eigenvalue weighted by molar-refractivity contribution is 9.10. The minimum absolute atomic E-state index is 0.443. The lowest BCUT2D eigenvalue weighted by molar-refractivity contribution is -0.151. The standard InChI is InChI=1S/C12H17BrO3S/c1-15-12(3-5-16-6-4-12)11(14)8-10-9(13)2-7-17-10/h2,7,11,14H,3-6,8H2,1H3. The van der Waals surface area contributed by atoms with Gasteiger partial charge in [-0.15, -0.1) is 11.3 Å². The van der Waals surface area contributed by atoms with Crippen LogP contribution in [0.25, 0.3) is 0 Å². The molecule has 1 N–H and O–H groups in total. The van der Waals surface area contributed by atoms with Gasteiger partial charge in [0.1, 0.15) is 0 Å². The van der Waals surface area contributed by atoms with Crippen molar-refractivity contribution in [3.8, 4) is 0 Å². The first-order valence-corrected chi connectivity index (χ1v) is 7.38. The number of halogens is 1. The molecule has 1 atom stereocenters. The van der Waals surface area contributed by atoms with Crippen LogP contribution in [0.1, 0.15) is 17.7 Å². The van der Waals surface area contributed by atoms with Gasteiger partial charge in [-0.1, -0.05) is 0 Å². The van der Waals surface area contributed by atoms with Gasteiger partial charge < -0.3 is 14.6 Å². The maximum Gasteiger partial charge on any atom is 0.0983 e. The van der Waals surface area contributed by atoms with Gasteiger partial charge in [-0.05, 0) is 27.4 Å². The zero-order valence-electron chi connectivity index (χ0n) is 9.82. The minimum Gasteiger partial charge on any atom is -0.390 e. The molecule has 2 rings (SSSR count). The van der Waals surface area contributed by atoms with Crippen LogP contribution in [0.15, 0.2) is 15.9 Å². The van der Waals surface area contributed by atoms with E-state index < -0.39 is 11.7 Å². The molecule has 2 heterocycles. The number of hydrogen-bond acceptors (Lipinski definition) is 4. The van der Waals surface area contributed by atoms with Crippen molar-refractivity contribution in [1.29, 1.82) is 0 Å². The van der Waals surface area contributed by atoms with Crippen molar-refractivity contribution in [3.05, 3.63) is 20.8 Å². The second-order valence-electron chi connectivity index (χ2n) is 4.29. The smallest absolute Gasteiger partial charge is 0.0983 e. The normalized spacial score (nSPS) is 21.4. The average molecular weight is 321 g/mol. The summed E-state index contributed by atoms with van der Waals surface area (Å²) in [5.41, 5.74) is -0.443. The van der Waals surface area contributed by atoms with Gasteiger partial charge in [0, 0.05) is 48.9 Å². The van der Waals surface area contributed by atoms with Gasteiger partial charge in [-0.25, -0.2) is 0 Å². The van der Waals surface area contributed by atoms with Crippen molar-refractivity contribution >= 4 is 27.3 Å². The highest BCUT2D eigenvalue weighted by Crippen LogP contribution is 2.32. The molecule has 17 heavy (non-hydrogen) atoms. The van der Waals surface area contributed by atoms with Crippen molar-refractivity contribution in [2.24, 2.45) is 0 Å². The molecule has 1 unspecified atom stereocenters. The van der Waals surface area contributed by atoms with E-state index >= 15 is 0 Å². The van der Waals surface area contributed by atoms with Gasteiger partial charge in [0.25, 0.3) is 0 Å². The number of aliphatic hydroxyl groups is 1. The van der Waals surface area contributed by atoms with Crippen LogP contribution < -0.4 is 0 Å². The first-order chi connectivity index (χ1) is 8.18. The molecular formula is C12H17BrO3S. The fourth-order valence-corrected chi connectivity index (χ4v) is 3.78. The zero-order chi connectivity index (χ0) is 12.3. The maximum absolute atomic E-state index is 10.4. The molecule has 1 aromatic heterocycles. The second kappa shape index (κ2) is 5.80. The summed E-state index contributed by atoms with van der Waals surface area (Å²) in [6.07, 6.45) is 1.67. The summed E-state index contributed by atoms with van der Waals surface area (Å²) >= 11 is 5.15. The number of ether oxygens (including phenoxy) is 2. The summed E-state index contributed by atoms with van der Waals surface area (Å²) in [5, 5.41) is 12.4. The van der Waals surface area contributed by atoms with Crippen molar-refractivity contribution in [1.82, 2.24) is 0 Å². The lowest BCUT2D eigenvalue weighted by Crippen LogP contribution is -2.49. The van der Waals surface area contributed by atoms with Crippen LogP contribution >= 0.6 is 27.3 Å². The van der Waals surface area contributed by atoms with Crippen LogP contribution in [0.5, 0.6) is 0 Å². The van der Waals surface area contributed by atoms with Crippen LogP contribution in [0.2, 0.25) is 0 Å². The van der Waals surface area contributed by atoms with Gasteiger partial charge in [0.05, 0.1) is 11.7 Å². The number of hydrogen-bond donors (Lipinski definition) is 1. The Bertz CT molecular complexity index is 360. The number of rotatable bonds is 4. The third-order valence-electron chi connectivity index (χ3n) is 3.42. The molecule has 0 bridgehead atoms. The summed E-state index contributed by atoms with van der Waals surface area (Å²) in [7, 11) is 1.68. The fourth-order valence-electron chi connectivity index (χ4n) is 2.22. The van der Waals surface area contributed by atoms with E-state index in [1.807, 2.05) is 11.4 Å². The predicted octanol–water partition coefficient (Wildman–Crippen LogP) is 2.61. The molecule has 96 valence electrons. The summed E-state index contributed by atoms with van der Waals surface area (Å²) < 4.78 is 12.0. The van der Waals surface area contributed by atoms with E-state index in [-0.39, 0.29) is 0 Å². The van der Waals surface area contributed by atoms with Crippen molar-refractivity contribution < 1.29 is 14.6 Å². The average Bonchev–Trinajstić information content (AvgIpc) is 2.76. The van der Waals surface area contributed by atoms with E-state index in [0.29, 0.717) is 19.6 Å². The van der Waals surface area contributed by atoms with Gasteiger partial charge in [0.2, 0.25) is 0 Å². The number of thiophene rings is 1. The van der Waals surface area contributed by atoms with Gasteiger partial charge in [-0.3, -0.25) is 0 Å². The van der Waals surface area contributed by atoms with Crippen LogP contribution in [-0.2, 0) is 15.9 Å². The van der Waals surface area contributed by atoms with Gasteiger partial charge in [0.15, 0.2) is 0 Å². The molecule has 3 nitrogen and oxygen atoms in total. The van der Waals surface area contributed by atoms with E-state index in [0.717, 1.165) is 17.3 Å². The monoisotopic (exact) mass is 320 g/mol. The molecule has 1 aliphatic heterocycles. The minimum atomic E-state index is -0.480. The Balaban J connectivity index is 2.07. The van der Waals surface area contributed by atoms with Crippen LogP contribution in [0.3, 0.4) is 0 Å². The zero-order valence-corrected chi connectivity index (χ0v) is 12.2. The molecule has 1 saturated heterocycles. The van der Waals surface area contributed by atoms with Crippen molar-refractivity contribution in [2.75, 3.05) is 20.3 Å². The first-order valence-electron chi connectivity index (χ1n) is 5.71. The molecule has 0 amide bonds. The third kappa shape index (κ3) is 2.90. The Morgan fingerprint density at radius 1 is 1.59 bits per heavy atom. The lowest BCUT2D eigenvalue weighted by atomic mass is 9.86. The highest BCUT2D eigenvalue weighted by Gasteiger charge is 2.40. The van der Waals surface area contributed by atoms with Crippen LogP contribution in [0.4, 0.5) is 0 Å². The molecule has 0 aromatic carbocycles. The second-order valence-corrected chi connectivity index (χ2v) is 6.15. The Morgan fingerprint density at radius 3 is 2.82 bits per heavy atom. The summed E-state index contributed by atoms with van der Waals surface area (Å²) in [6, 6.07) is 2.01. The topological polar surface area (TPSA) is 38.7 Å². The van der Waals surface area contributed by atoms with Crippen LogP contribution in [0, 0.1) is 0 Å². The predicted molar refractivity (Wildman–Crippen MR) is 71.5 cm³/mol. The summed E-state index contributed by atoms with van der Waals surface area (Å²) in [5.74, 6) is 0. The highest BCUT2D eigenvalue weighted by atomic mass is 79.9. The SMILES string of the molecule is COC1(C(O)Cc2sccc2Br)CCOCC1. The van der Waals surface area contributed by atoms with E-state index in [2.05, 4.69) is 15.9 Å². The molecule has 1 aliphatic rings. The Hall–Kier alpha value is 0.0600. The molecule has 5 heteroatoms. The molecule has 0 spiro atoms. The Morgan fingerprint density at radius 2 is 2.29 bits per heavy atom. The van der Waals surface area contributed by atoms with E-state index in [1.165, 1.54) is 4.88 Å². The van der Waals surface area contributed by atoms with Crippen molar-refractivity contribution in [3.63, 3.8) is 0 Å². The van der Waals surface area contributed by atoms with Gasteiger partial charge >= 0.3 is 0 Å². The Labute approximate surface area is 114 Å². The molecule has 1 aromatic rings. The summed E-state index contributed by atoms with van der Waals surface area (Å²) in [6.45, 7) is 1.33. The molecule has 0 radical (unpaired) electrons. The van der Waals surface area contributed by atoms with Crippen molar-refractivity contribution in [2.45, 2.75) is 31.0 Å². The van der Waals surface area contributed by atoms with E-state index in [9.17, 15) is 5.11 Å². The number of methoxy groups -OCH3 is 1. The molecular weight excluding hydrogens is 304 g/mol. The first kappa shape index (κ1) is 13.5. The Kier molecular flexibility index (Phi) is 4.60. The van der Waals surface area contributed by atoms with E-state index in [1.54, 1.807) is 18.4 Å². The lowest BCUT2D eigenvalue weighted by Gasteiger charge is -2.39. The largest absolute Gasteiger partial charge is 0.390 e. The van der Waals surface area contributed by atoms with E-state index in [4.69, 9.17) is 9.47 Å². The summed E-state index contributed by atoms with van der Waals surface area (Å²) in [4.78, 5) is 1.17. The number of aliphatic hydroxyl groups excluding tert-OH is 1.